The van der Waals surface area contributed by atoms with Crippen LogP contribution >= 0.6 is 0 Å². The van der Waals surface area contributed by atoms with Crippen molar-refractivity contribution in [3.8, 4) is 0 Å². The summed E-state index contributed by atoms with van der Waals surface area (Å²) >= 11 is 0. The molecule has 0 saturated carbocycles. The summed E-state index contributed by atoms with van der Waals surface area (Å²) in [5, 5.41) is 7.40. The number of hydrogen-bond donors (Lipinski definition) is 1. The molecular formula is C9HF17O. The fourth-order valence-corrected chi connectivity index (χ4v) is 1.18. The fourth-order valence-electron chi connectivity index (χ4n) is 1.18. The van der Waals surface area contributed by atoms with Gasteiger partial charge in [-0.25, -0.2) is 4.39 Å². The van der Waals surface area contributed by atoms with Crippen molar-refractivity contribution in [3.63, 3.8) is 0 Å². The van der Waals surface area contributed by atoms with Crippen LogP contribution in [0.5, 0.6) is 0 Å². The van der Waals surface area contributed by atoms with E-state index >= 15 is 0 Å². The summed E-state index contributed by atoms with van der Waals surface area (Å²) in [6, 6.07) is 0. The third-order valence-corrected chi connectivity index (χ3v) is 2.67. The number of halogens is 17. The average Bonchev–Trinajstić information content (AvgIpc) is 2.42. The van der Waals surface area contributed by atoms with Gasteiger partial charge in [-0.1, -0.05) is 0 Å². The smallest absolute Gasteiger partial charge is 0.331 e. The first-order valence-corrected chi connectivity index (χ1v) is 5.44. The molecule has 0 aromatic rings. The Bertz CT molecular complexity index is 591. The molecule has 1 N–H and O–H groups in total. The summed E-state index contributed by atoms with van der Waals surface area (Å²) in [7, 11) is 0. The van der Waals surface area contributed by atoms with Crippen molar-refractivity contribution < 1.29 is 79.7 Å². The van der Waals surface area contributed by atoms with Crippen LogP contribution < -0.4 is 0 Å². The predicted octanol–water partition coefficient (Wildman–Crippen LogP) is 5.46. The third-order valence-electron chi connectivity index (χ3n) is 2.67. The lowest BCUT2D eigenvalue weighted by molar-refractivity contribution is -0.450. The molecule has 0 spiro atoms. The fraction of sp³-hybridized carbons (Fsp3) is 0.778. The van der Waals surface area contributed by atoms with E-state index in [4.69, 9.17) is 5.11 Å². The van der Waals surface area contributed by atoms with Crippen molar-refractivity contribution in [3.05, 3.63) is 11.7 Å². The zero-order valence-corrected chi connectivity index (χ0v) is 11.4. The molecule has 0 atom stereocenters. The van der Waals surface area contributed by atoms with Crippen molar-refractivity contribution in [2.75, 3.05) is 0 Å². The van der Waals surface area contributed by atoms with Gasteiger partial charge in [-0.05, 0) is 0 Å². The summed E-state index contributed by atoms with van der Waals surface area (Å²) in [6.45, 7) is 0. The molecule has 0 aliphatic heterocycles. The molecule has 0 unspecified atom stereocenters. The molecule has 0 bridgehead atoms. The summed E-state index contributed by atoms with van der Waals surface area (Å²) < 4.78 is 212. The maximum Gasteiger partial charge on any atom is 0.445 e. The number of allylic oxidation sites excluding steroid dienone is 2. The van der Waals surface area contributed by atoms with Gasteiger partial charge >= 0.3 is 41.9 Å². The topological polar surface area (TPSA) is 20.2 Å². The van der Waals surface area contributed by atoms with E-state index in [2.05, 4.69) is 0 Å². The predicted molar refractivity (Wildman–Crippen MR) is 47.2 cm³/mol. The van der Waals surface area contributed by atoms with E-state index in [0.717, 1.165) is 0 Å². The first kappa shape index (κ1) is 25.5. The van der Waals surface area contributed by atoms with Gasteiger partial charge in [0.05, 0.1) is 0 Å². The van der Waals surface area contributed by atoms with E-state index in [1.807, 2.05) is 0 Å². The Morgan fingerprint density at radius 2 is 0.741 bits per heavy atom. The molecule has 0 heterocycles. The molecule has 0 aliphatic carbocycles. The molecule has 0 aromatic carbocycles. The van der Waals surface area contributed by atoms with Crippen LogP contribution in [0, 0.1) is 0 Å². The summed E-state index contributed by atoms with van der Waals surface area (Å²) in [5.74, 6) is -50.9. The van der Waals surface area contributed by atoms with Crippen molar-refractivity contribution in [2.45, 2.75) is 41.9 Å². The van der Waals surface area contributed by atoms with Crippen LogP contribution in [-0.2, 0) is 0 Å². The van der Waals surface area contributed by atoms with E-state index in [9.17, 15) is 74.6 Å². The lowest BCUT2D eigenvalue weighted by Crippen LogP contribution is -2.70. The monoisotopic (exact) mass is 448 g/mol. The van der Waals surface area contributed by atoms with Gasteiger partial charge in [-0.15, -0.1) is 0 Å². The molecular weight excluding hydrogens is 447 g/mol. The van der Waals surface area contributed by atoms with Crippen LogP contribution in [0.15, 0.2) is 11.7 Å². The Morgan fingerprint density at radius 3 is 1.00 bits per heavy atom. The van der Waals surface area contributed by atoms with E-state index in [1.165, 1.54) is 0 Å². The number of alkyl halides is 15. The van der Waals surface area contributed by atoms with Gasteiger partial charge < -0.3 is 5.11 Å². The number of aliphatic hydroxyl groups is 1. The van der Waals surface area contributed by atoms with Gasteiger partial charge in [0.2, 0.25) is 11.7 Å². The second-order valence-corrected chi connectivity index (χ2v) is 4.54. The Kier molecular flexibility index (Phi) is 5.92. The molecule has 0 saturated heterocycles. The summed E-state index contributed by atoms with van der Waals surface area (Å²) in [6.07, 6.45) is -14.1. The third kappa shape index (κ3) is 3.51. The van der Waals surface area contributed by atoms with Gasteiger partial charge in [0.1, 0.15) is 0 Å². The van der Waals surface area contributed by atoms with E-state index in [-0.39, 0.29) is 0 Å². The van der Waals surface area contributed by atoms with Crippen LogP contribution in [0.3, 0.4) is 0 Å². The van der Waals surface area contributed by atoms with Crippen molar-refractivity contribution in [1.29, 1.82) is 0 Å². The maximum atomic E-state index is 12.9. The standard InChI is InChI=1S/C9HF17O/c10-1(2(11)4(14,15)16)3(12,13)5(17,18)6(19,20)7(21,22)8(23,24)9(25,26)27/h27H/b2-1+. The van der Waals surface area contributed by atoms with Crippen LogP contribution in [0.1, 0.15) is 0 Å². The Morgan fingerprint density at radius 1 is 0.444 bits per heavy atom. The summed E-state index contributed by atoms with van der Waals surface area (Å²) in [4.78, 5) is 0. The van der Waals surface area contributed by atoms with E-state index in [1.54, 1.807) is 0 Å². The van der Waals surface area contributed by atoms with Crippen molar-refractivity contribution in [1.82, 2.24) is 0 Å². The normalized spacial score (nSPS) is 17.1. The lowest BCUT2D eigenvalue weighted by Gasteiger charge is -2.39. The Hall–Kier alpha value is -1.49. The second-order valence-electron chi connectivity index (χ2n) is 4.54. The van der Waals surface area contributed by atoms with Crippen LogP contribution in [0.2, 0.25) is 0 Å². The average molecular weight is 448 g/mol. The molecule has 18 heteroatoms. The molecule has 0 fully saturated rings. The molecule has 0 amide bonds. The molecule has 27 heavy (non-hydrogen) atoms. The zero-order chi connectivity index (χ0) is 22.7. The lowest BCUT2D eigenvalue weighted by atomic mass is 9.93. The van der Waals surface area contributed by atoms with Crippen molar-refractivity contribution in [2.24, 2.45) is 0 Å². The molecule has 0 radical (unpaired) electrons. The minimum Gasteiger partial charge on any atom is -0.331 e. The number of hydrogen-bond acceptors (Lipinski definition) is 1. The SMILES string of the molecule is OC(F)(F)C(F)(F)C(F)(F)C(F)(F)C(F)(F)C(F)(F)/C(F)=C(\F)C(F)(F)F. The van der Waals surface area contributed by atoms with Crippen molar-refractivity contribution >= 4 is 0 Å². The van der Waals surface area contributed by atoms with Crippen LogP contribution in [0.4, 0.5) is 74.6 Å². The maximum absolute atomic E-state index is 12.9. The molecule has 0 rings (SSSR count). The summed E-state index contributed by atoms with van der Waals surface area (Å²) in [5.41, 5.74) is 0. The van der Waals surface area contributed by atoms with Gasteiger partial charge in [-0.2, -0.15) is 70.2 Å². The van der Waals surface area contributed by atoms with Gasteiger partial charge in [0.15, 0.2) is 0 Å². The van der Waals surface area contributed by atoms with Crippen LogP contribution in [-0.4, -0.2) is 47.0 Å². The van der Waals surface area contributed by atoms with Gasteiger partial charge in [0.25, 0.3) is 0 Å². The number of rotatable bonds is 6. The Balaban J connectivity index is 6.66. The van der Waals surface area contributed by atoms with E-state index < -0.39 is 53.6 Å². The quantitative estimate of drug-likeness (QED) is 0.536. The van der Waals surface area contributed by atoms with Crippen LogP contribution in [0.25, 0.3) is 0 Å². The highest BCUT2D eigenvalue weighted by Gasteiger charge is 2.91. The van der Waals surface area contributed by atoms with Gasteiger partial charge in [0, 0.05) is 0 Å². The second kappa shape index (κ2) is 6.26. The minimum atomic E-state index is -8.46. The molecule has 1 nitrogen and oxygen atoms in total. The van der Waals surface area contributed by atoms with E-state index in [0.29, 0.717) is 0 Å². The largest absolute Gasteiger partial charge is 0.445 e. The first-order valence-electron chi connectivity index (χ1n) is 5.44. The highest BCUT2D eigenvalue weighted by atomic mass is 19.4. The first-order chi connectivity index (χ1) is 11.3. The zero-order valence-electron chi connectivity index (χ0n) is 11.4. The molecule has 0 aromatic heterocycles. The molecule has 0 aliphatic rings. The highest BCUT2D eigenvalue weighted by Crippen LogP contribution is 2.61. The molecule has 162 valence electrons. The Labute approximate surface area is 135 Å². The minimum absolute atomic E-state index is 4.83. The van der Waals surface area contributed by atoms with Gasteiger partial charge in [-0.3, -0.25) is 0 Å². The highest BCUT2D eigenvalue weighted by molar-refractivity contribution is 5.22.